The van der Waals surface area contributed by atoms with Crippen molar-refractivity contribution >= 4 is 0 Å². The van der Waals surface area contributed by atoms with E-state index < -0.39 is 0 Å². The van der Waals surface area contributed by atoms with Crippen molar-refractivity contribution in [3.05, 3.63) is 35.9 Å². The number of rotatable bonds is 2. The molecule has 18 heavy (non-hydrogen) atoms. The van der Waals surface area contributed by atoms with Gasteiger partial charge in [-0.05, 0) is 46.1 Å². The minimum Gasteiger partial charge on any atom is -0.295 e. The van der Waals surface area contributed by atoms with Crippen LogP contribution in [0.1, 0.15) is 53.0 Å². The first-order valence-electron chi connectivity index (χ1n) is 7.17. The molecule has 1 atom stereocenters. The number of hydrogen-bond donors (Lipinski definition) is 0. The van der Waals surface area contributed by atoms with Crippen LogP contribution in [0.5, 0.6) is 0 Å². The van der Waals surface area contributed by atoms with Crippen LogP contribution in [0, 0.1) is 0 Å². The third-order valence-electron chi connectivity index (χ3n) is 4.68. The Labute approximate surface area is 112 Å². The van der Waals surface area contributed by atoms with E-state index in [2.05, 4.69) is 69.9 Å². The molecule has 0 bridgehead atoms. The fourth-order valence-corrected chi connectivity index (χ4v) is 3.35. The lowest BCUT2D eigenvalue weighted by atomic mass is 9.70. The molecule has 1 aliphatic heterocycles. The molecular weight excluding hydrogens is 218 g/mol. The Morgan fingerprint density at radius 3 is 2.17 bits per heavy atom. The van der Waals surface area contributed by atoms with E-state index in [0.717, 1.165) is 0 Å². The lowest BCUT2D eigenvalue weighted by Crippen LogP contribution is -2.57. The molecule has 0 radical (unpaired) electrons. The minimum absolute atomic E-state index is 0.307. The van der Waals surface area contributed by atoms with Gasteiger partial charge in [0.05, 0.1) is 0 Å². The molecule has 1 aliphatic rings. The average Bonchev–Trinajstić information content (AvgIpc) is 2.33. The van der Waals surface area contributed by atoms with E-state index in [1.165, 1.54) is 24.9 Å². The summed E-state index contributed by atoms with van der Waals surface area (Å²) in [7, 11) is 0. The third-order valence-corrected chi connectivity index (χ3v) is 4.68. The zero-order valence-corrected chi connectivity index (χ0v) is 12.5. The zero-order valence-electron chi connectivity index (χ0n) is 12.5. The van der Waals surface area contributed by atoms with Gasteiger partial charge in [-0.15, -0.1) is 0 Å². The number of hydrogen-bond acceptors (Lipinski definition) is 1. The Hall–Kier alpha value is -0.820. The molecule has 100 valence electrons. The van der Waals surface area contributed by atoms with Crippen molar-refractivity contribution in [1.82, 2.24) is 4.90 Å². The normalized spacial score (nSPS) is 28.6. The smallest absolute Gasteiger partial charge is 0.0156 e. The van der Waals surface area contributed by atoms with Gasteiger partial charge in [0, 0.05) is 23.5 Å². The van der Waals surface area contributed by atoms with Gasteiger partial charge in [-0.2, -0.15) is 0 Å². The standard InChI is InChI=1S/C17H27N/c1-14(2)18-13-17(5,12-11-16(18,3)4)15-9-7-6-8-10-15/h6-10,14H,11-13H2,1-5H3. The van der Waals surface area contributed by atoms with Gasteiger partial charge in [-0.3, -0.25) is 4.90 Å². The predicted octanol–water partition coefficient (Wildman–Crippen LogP) is 4.23. The maximum atomic E-state index is 2.67. The van der Waals surface area contributed by atoms with Crippen LogP contribution in [-0.2, 0) is 5.41 Å². The molecule has 0 aliphatic carbocycles. The first-order chi connectivity index (χ1) is 8.35. The van der Waals surface area contributed by atoms with Gasteiger partial charge in [0.25, 0.3) is 0 Å². The van der Waals surface area contributed by atoms with Gasteiger partial charge in [0.1, 0.15) is 0 Å². The van der Waals surface area contributed by atoms with Crippen molar-refractivity contribution < 1.29 is 0 Å². The van der Waals surface area contributed by atoms with E-state index in [4.69, 9.17) is 0 Å². The SMILES string of the molecule is CC(C)N1CC(C)(c2ccccc2)CCC1(C)C. The molecule has 0 N–H and O–H groups in total. The predicted molar refractivity (Wildman–Crippen MR) is 78.9 cm³/mol. The fourth-order valence-electron chi connectivity index (χ4n) is 3.35. The van der Waals surface area contributed by atoms with E-state index in [9.17, 15) is 0 Å². The highest BCUT2D eigenvalue weighted by atomic mass is 15.2. The molecule has 1 unspecified atom stereocenters. The molecule has 2 rings (SSSR count). The van der Waals surface area contributed by atoms with Crippen LogP contribution < -0.4 is 0 Å². The van der Waals surface area contributed by atoms with Crippen molar-refractivity contribution in [1.29, 1.82) is 0 Å². The zero-order chi connectivity index (χ0) is 13.4. The maximum absolute atomic E-state index is 2.67. The highest BCUT2D eigenvalue weighted by Crippen LogP contribution is 2.41. The summed E-state index contributed by atoms with van der Waals surface area (Å²) in [5, 5.41) is 0. The summed E-state index contributed by atoms with van der Waals surface area (Å²) in [5.41, 5.74) is 2.13. The summed E-state index contributed by atoms with van der Waals surface area (Å²) >= 11 is 0. The molecule has 1 heteroatoms. The molecule has 1 aromatic rings. The molecule has 0 saturated carbocycles. The lowest BCUT2D eigenvalue weighted by Gasteiger charge is -2.52. The van der Waals surface area contributed by atoms with E-state index >= 15 is 0 Å². The van der Waals surface area contributed by atoms with Crippen LogP contribution in [-0.4, -0.2) is 23.0 Å². The summed E-state index contributed by atoms with van der Waals surface area (Å²) in [5.74, 6) is 0. The van der Waals surface area contributed by atoms with Gasteiger partial charge < -0.3 is 0 Å². The van der Waals surface area contributed by atoms with Crippen LogP contribution >= 0.6 is 0 Å². The van der Waals surface area contributed by atoms with E-state index in [-0.39, 0.29) is 0 Å². The van der Waals surface area contributed by atoms with Crippen molar-refractivity contribution in [3.63, 3.8) is 0 Å². The molecular formula is C17H27N. The largest absolute Gasteiger partial charge is 0.295 e. The van der Waals surface area contributed by atoms with Crippen molar-refractivity contribution in [2.24, 2.45) is 0 Å². The van der Waals surface area contributed by atoms with Crippen molar-refractivity contribution in [2.75, 3.05) is 6.54 Å². The van der Waals surface area contributed by atoms with E-state index in [1.807, 2.05) is 0 Å². The molecule has 0 spiro atoms. The third kappa shape index (κ3) is 2.47. The number of nitrogens with zero attached hydrogens (tertiary/aromatic N) is 1. The van der Waals surface area contributed by atoms with Crippen LogP contribution in [0.3, 0.4) is 0 Å². The van der Waals surface area contributed by atoms with Crippen molar-refractivity contribution in [2.45, 2.75) is 64.5 Å². The second-order valence-corrected chi connectivity index (χ2v) is 6.96. The monoisotopic (exact) mass is 245 g/mol. The first-order valence-corrected chi connectivity index (χ1v) is 7.17. The molecule has 0 aromatic heterocycles. The van der Waals surface area contributed by atoms with Gasteiger partial charge >= 0.3 is 0 Å². The topological polar surface area (TPSA) is 3.24 Å². The minimum atomic E-state index is 0.307. The van der Waals surface area contributed by atoms with Crippen LogP contribution in [0.4, 0.5) is 0 Å². The highest BCUT2D eigenvalue weighted by molar-refractivity contribution is 5.26. The number of likely N-dealkylation sites (tertiary alicyclic amines) is 1. The molecule has 1 fully saturated rings. The highest BCUT2D eigenvalue weighted by Gasteiger charge is 2.42. The summed E-state index contributed by atoms with van der Waals surface area (Å²) in [4.78, 5) is 2.67. The Morgan fingerprint density at radius 1 is 1.00 bits per heavy atom. The molecule has 1 heterocycles. The van der Waals surface area contributed by atoms with Crippen LogP contribution in [0.15, 0.2) is 30.3 Å². The molecule has 1 saturated heterocycles. The fraction of sp³-hybridized carbons (Fsp3) is 0.647. The second-order valence-electron chi connectivity index (χ2n) is 6.96. The average molecular weight is 245 g/mol. The first kappa shape index (κ1) is 13.6. The summed E-state index contributed by atoms with van der Waals surface area (Å²) in [6, 6.07) is 11.6. The van der Waals surface area contributed by atoms with Crippen molar-refractivity contribution in [3.8, 4) is 0 Å². The van der Waals surface area contributed by atoms with Crippen LogP contribution in [0.2, 0.25) is 0 Å². The number of benzene rings is 1. The van der Waals surface area contributed by atoms with Gasteiger partial charge in [0.15, 0.2) is 0 Å². The Kier molecular flexibility index (Phi) is 3.55. The van der Waals surface area contributed by atoms with Gasteiger partial charge in [-0.25, -0.2) is 0 Å². The van der Waals surface area contributed by atoms with E-state index in [0.29, 0.717) is 17.0 Å². The Balaban J connectivity index is 2.27. The molecule has 1 aromatic carbocycles. The van der Waals surface area contributed by atoms with Crippen LogP contribution in [0.25, 0.3) is 0 Å². The van der Waals surface area contributed by atoms with Gasteiger partial charge in [-0.1, -0.05) is 37.3 Å². The molecule has 1 nitrogen and oxygen atoms in total. The molecule has 0 amide bonds. The Morgan fingerprint density at radius 2 is 1.61 bits per heavy atom. The Bertz CT molecular complexity index is 393. The summed E-state index contributed by atoms with van der Waals surface area (Å²) in [6.07, 6.45) is 2.56. The quantitative estimate of drug-likeness (QED) is 0.754. The van der Waals surface area contributed by atoms with E-state index in [1.54, 1.807) is 0 Å². The number of piperidine rings is 1. The lowest BCUT2D eigenvalue weighted by molar-refractivity contribution is 0.00958. The maximum Gasteiger partial charge on any atom is 0.0156 e. The second kappa shape index (κ2) is 4.70. The van der Waals surface area contributed by atoms with Gasteiger partial charge in [0.2, 0.25) is 0 Å². The summed E-state index contributed by atoms with van der Waals surface area (Å²) in [6.45, 7) is 13.0. The summed E-state index contributed by atoms with van der Waals surface area (Å²) < 4.78 is 0.